The number of primary amides is 1. The van der Waals surface area contributed by atoms with E-state index in [0.717, 1.165) is 22.5 Å². The van der Waals surface area contributed by atoms with Gasteiger partial charge in [-0.1, -0.05) is 94.4 Å². The second-order valence-electron chi connectivity index (χ2n) is 16.2. The van der Waals surface area contributed by atoms with Gasteiger partial charge in [-0.25, -0.2) is 4.98 Å². The molecule has 0 saturated carbocycles. The van der Waals surface area contributed by atoms with Gasteiger partial charge in [-0.3, -0.25) is 29.0 Å². The molecule has 0 fully saturated rings. The third-order valence-corrected chi connectivity index (χ3v) is 10.2. The number of nitrogens with zero attached hydrogens (tertiary/aromatic N) is 2. The number of carbonyl (C=O) groups excluding carboxylic acids is 5. The molecule has 61 heavy (non-hydrogen) atoms. The minimum atomic E-state index is -1.12. The van der Waals surface area contributed by atoms with Crippen molar-refractivity contribution >= 4 is 57.8 Å². The summed E-state index contributed by atoms with van der Waals surface area (Å²) in [5.41, 5.74) is 21.5. The van der Waals surface area contributed by atoms with E-state index in [4.69, 9.17) is 22.2 Å². The average Bonchev–Trinajstić information content (AvgIpc) is 3.21. The number of nitrogens with two attached hydrogens (primary N) is 3. The maximum absolute atomic E-state index is 14.4. The monoisotopic (exact) mass is 830 g/mol. The number of nitrogens with one attached hydrogen (secondary N) is 5. The first kappa shape index (κ1) is 45.3. The minimum Gasteiger partial charge on any atom is -0.370 e. The highest BCUT2D eigenvalue weighted by Gasteiger charge is 2.32. The lowest BCUT2D eigenvalue weighted by Gasteiger charge is -2.27. The normalized spacial score (nSPS) is 19.7. The third kappa shape index (κ3) is 13.1. The highest BCUT2D eigenvalue weighted by Crippen LogP contribution is 2.32. The van der Waals surface area contributed by atoms with Gasteiger partial charge in [0.15, 0.2) is 5.96 Å². The van der Waals surface area contributed by atoms with Crippen molar-refractivity contribution < 1.29 is 24.0 Å². The Bertz CT molecular complexity index is 2240. The number of allylic oxidation sites excluding steroid dienone is 1. The van der Waals surface area contributed by atoms with Gasteiger partial charge < -0.3 is 43.8 Å². The van der Waals surface area contributed by atoms with Crippen LogP contribution in [0.2, 0.25) is 0 Å². The second-order valence-corrected chi connectivity index (χ2v) is 16.2. The van der Waals surface area contributed by atoms with E-state index < -0.39 is 53.7 Å². The Balaban J connectivity index is 1.61. The summed E-state index contributed by atoms with van der Waals surface area (Å²) in [6.45, 7) is 7.81. The zero-order valence-electron chi connectivity index (χ0n) is 35.2. The van der Waals surface area contributed by atoms with Crippen molar-refractivity contribution in [2.75, 3.05) is 11.9 Å². The van der Waals surface area contributed by atoms with Gasteiger partial charge in [-0.15, -0.1) is 0 Å². The number of guanidine groups is 1. The van der Waals surface area contributed by atoms with Gasteiger partial charge in [0.25, 0.3) is 5.91 Å². The van der Waals surface area contributed by atoms with Gasteiger partial charge in [-0.2, -0.15) is 0 Å². The lowest BCUT2D eigenvalue weighted by molar-refractivity contribution is -0.134. The number of anilines is 2. The molecule has 6 rings (SSSR count). The van der Waals surface area contributed by atoms with Crippen LogP contribution in [0.15, 0.2) is 96.0 Å². The predicted octanol–water partition coefficient (Wildman–Crippen LogP) is 4.33. The number of hydrogen-bond acceptors (Lipinski definition) is 8. The quantitative estimate of drug-likeness (QED) is 0.0352. The maximum atomic E-state index is 14.4. The molecule has 4 bridgehead atoms. The van der Waals surface area contributed by atoms with Gasteiger partial charge in [-0.05, 0) is 80.2 Å². The first-order chi connectivity index (χ1) is 29.2. The number of aromatic nitrogens is 1. The maximum Gasteiger partial charge on any atom is 0.254 e. The summed E-state index contributed by atoms with van der Waals surface area (Å²) in [7, 11) is 0. The van der Waals surface area contributed by atoms with Gasteiger partial charge in [0.05, 0.1) is 22.5 Å². The van der Waals surface area contributed by atoms with Crippen LogP contribution in [0.1, 0.15) is 75.7 Å². The number of benzene rings is 3. The Hall–Kier alpha value is -6.77. The second kappa shape index (κ2) is 21.5. The molecule has 15 nitrogen and oxygen atoms in total. The Morgan fingerprint density at radius 1 is 0.770 bits per heavy atom. The molecule has 11 N–H and O–H groups in total. The first-order valence-electron chi connectivity index (χ1n) is 20.7. The first-order valence-corrected chi connectivity index (χ1v) is 20.7. The molecule has 15 heteroatoms. The Kier molecular flexibility index (Phi) is 16.0. The molecule has 0 spiro atoms. The Morgan fingerprint density at radius 2 is 1.41 bits per heavy atom. The van der Waals surface area contributed by atoms with Crippen molar-refractivity contribution in [2.24, 2.45) is 34.0 Å². The molecule has 0 saturated heterocycles. The van der Waals surface area contributed by atoms with Crippen LogP contribution in [0, 0.1) is 11.8 Å². The molecule has 322 valence electrons. The Labute approximate surface area is 356 Å². The molecule has 1 aromatic heterocycles. The van der Waals surface area contributed by atoms with Crippen molar-refractivity contribution in [1.82, 2.24) is 26.3 Å². The van der Waals surface area contributed by atoms with E-state index >= 15 is 0 Å². The predicted molar refractivity (Wildman–Crippen MR) is 239 cm³/mol. The molecule has 0 aliphatic carbocycles. The number of fused-ring (bicyclic) bond motifs is 16. The van der Waals surface area contributed by atoms with E-state index in [2.05, 4.69) is 31.6 Å². The van der Waals surface area contributed by atoms with Crippen LogP contribution in [0.3, 0.4) is 0 Å². The molecule has 3 heterocycles. The van der Waals surface area contributed by atoms with E-state index in [1.807, 2.05) is 101 Å². The topological polar surface area (TPSA) is 249 Å². The summed E-state index contributed by atoms with van der Waals surface area (Å²) in [5.74, 6) is -3.22. The number of amides is 5. The van der Waals surface area contributed by atoms with Crippen molar-refractivity contribution in [2.45, 2.75) is 90.4 Å². The summed E-state index contributed by atoms with van der Waals surface area (Å²) < 4.78 is 0. The number of para-hydroxylation sites is 2. The minimum absolute atomic E-state index is 0.0195. The SMILES string of the molecule is CC(C)C[C@H]1NC(=O)[C@H](CCCN=C(N)N)NC(=O)c2cccc3c(Nc4ccccc4)cc(nc23)-c2ccc(cc2)C/C=C/C[C@@H](C(N)=O)NC(=O)[C@@H](CC(C)C)NC1=O. The summed E-state index contributed by atoms with van der Waals surface area (Å²) >= 11 is 0. The lowest BCUT2D eigenvalue weighted by Crippen LogP contribution is -2.58. The highest BCUT2D eigenvalue weighted by molar-refractivity contribution is 6.10. The fourth-order valence-electron chi connectivity index (χ4n) is 7.10. The van der Waals surface area contributed by atoms with Crippen LogP contribution in [-0.4, -0.2) is 71.2 Å². The standard InChI is InChI=1S/C46H58N10O5/c1-27(2)24-38-44(60)53-34(41(47)57)17-9-8-12-29-19-21-30(22-20-29)36-26-37(51-31-13-6-5-7-14-31)32-15-10-16-33(40(32)52-36)42(58)54-35(18-11-23-50-46(48)49)43(59)55-39(25-28(3)4)45(61)56-38/h5-10,13-16,19-22,26-28,34-35,38-39H,11-12,17-18,23-25H2,1-4H3,(H2,47,57)(H,51,52)(H,53,60)(H,54,58)(H,55,59)(H,56,61)(H4,48,49,50)/b9-8+/t34-,35-,38+,39+/m0/s1. The van der Waals surface area contributed by atoms with Crippen LogP contribution < -0.4 is 43.8 Å². The molecule has 2 aliphatic heterocycles. The third-order valence-electron chi connectivity index (χ3n) is 10.2. The Morgan fingerprint density at radius 3 is 2.03 bits per heavy atom. The van der Waals surface area contributed by atoms with Crippen LogP contribution in [0.4, 0.5) is 11.4 Å². The molecule has 4 aromatic rings. The summed E-state index contributed by atoms with van der Waals surface area (Å²) in [6, 6.07) is 20.5. The number of carbonyl (C=O) groups is 5. The van der Waals surface area contributed by atoms with Crippen LogP contribution in [0.25, 0.3) is 22.2 Å². The smallest absolute Gasteiger partial charge is 0.254 e. The van der Waals surface area contributed by atoms with E-state index in [1.165, 1.54) is 0 Å². The molecule has 2 aliphatic rings. The van der Waals surface area contributed by atoms with E-state index in [1.54, 1.807) is 18.2 Å². The fraction of sp³-hybridized carbons (Fsp3) is 0.370. The molecular weight excluding hydrogens is 773 g/mol. The molecule has 4 atom stereocenters. The van der Waals surface area contributed by atoms with Crippen LogP contribution in [0.5, 0.6) is 0 Å². The van der Waals surface area contributed by atoms with Crippen LogP contribution >= 0.6 is 0 Å². The number of pyridine rings is 1. The molecule has 5 amide bonds. The average molecular weight is 831 g/mol. The van der Waals surface area contributed by atoms with E-state index in [-0.39, 0.29) is 55.6 Å². The zero-order chi connectivity index (χ0) is 44.1. The van der Waals surface area contributed by atoms with Gasteiger partial charge in [0.1, 0.15) is 24.2 Å². The number of aliphatic imine (C=N–C) groups is 1. The highest BCUT2D eigenvalue weighted by atomic mass is 16.2. The molecule has 0 radical (unpaired) electrons. The largest absolute Gasteiger partial charge is 0.370 e. The van der Waals surface area contributed by atoms with Gasteiger partial charge >= 0.3 is 0 Å². The summed E-state index contributed by atoms with van der Waals surface area (Å²) in [5, 5.41) is 15.5. The van der Waals surface area contributed by atoms with Crippen molar-refractivity contribution in [1.29, 1.82) is 0 Å². The van der Waals surface area contributed by atoms with Crippen molar-refractivity contribution in [3.8, 4) is 11.3 Å². The van der Waals surface area contributed by atoms with E-state index in [0.29, 0.717) is 29.4 Å². The van der Waals surface area contributed by atoms with Crippen LogP contribution in [-0.2, 0) is 25.6 Å². The lowest BCUT2D eigenvalue weighted by atomic mass is 9.99. The van der Waals surface area contributed by atoms with E-state index in [9.17, 15) is 24.0 Å². The zero-order valence-corrected chi connectivity index (χ0v) is 35.2. The van der Waals surface area contributed by atoms with Gasteiger partial charge in [0, 0.05) is 23.2 Å². The number of rotatable bonds is 11. The molecular formula is C46H58N10O5. The summed E-state index contributed by atoms with van der Waals surface area (Å²) in [4.78, 5) is 78.0. The van der Waals surface area contributed by atoms with Gasteiger partial charge in [0.2, 0.25) is 23.6 Å². The summed E-state index contributed by atoms with van der Waals surface area (Å²) in [6.07, 6.45) is 5.30. The van der Waals surface area contributed by atoms with Crippen molar-refractivity contribution in [3.05, 3.63) is 102 Å². The molecule has 0 unspecified atom stereocenters. The fourth-order valence-corrected chi connectivity index (χ4v) is 7.10. The van der Waals surface area contributed by atoms with Crippen molar-refractivity contribution in [3.63, 3.8) is 0 Å². The molecule has 3 aromatic carbocycles. The number of hydrogen-bond donors (Lipinski definition) is 8.